The van der Waals surface area contributed by atoms with Crippen LogP contribution in [0.1, 0.15) is 25.0 Å². The molecule has 0 radical (unpaired) electrons. The van der Waals surface area contributed by atoms with Crippen molar-refractivity contribution in [3.8, 4) is 0 Å². The van der Waals surface area contributed by atoms with Gasteiger partial charge in [-0.2, -0.15) is 0 Å². The van der Waals surface area contributed by atoms with Crippen molar-refractivity contribution in [1.29, 1.82) is 0 Å². The Morgan fingerprint density at radius 1 is 0.865 bits per heavy atom. The van der Waals surface area contributed by atoms with Gasteiger partial charge >= 0.3 is 0 Å². The highest BCUT2D eigenvalue weighted by atomic mass is 127. The number of carbonyl (C=O) groups excluding carboxylic acids is 2. The molecule has 1 N–H and O–H groups in total. The van der Waals surface area contributed by atoms with Crippen molar-refractivity contribution in [2.45, 2.75) is 38.9 Å². The second-order valence-electron chi connectivity index (χ2n) is 9.12. The average Bonchev–Trinajstić information content (AvgIpc) is 2.85. The Hall–Kier alpha value is -2.92. The second-order valence-corrected chi connectivity index (χ2v) is 12.3. The van der Waals surface area contributed by atoms with Crippen molar-refractivity contribution in [3.63, 3.8) is 0 Å². The number of nitrogens with one attached hydrogen (secondary N) is 1. The zero-order chi connectivity index (χ0) is 27.0. The van der Waals surface area contributed by atoms with Gasteiger partial charge < -0.3 is 10.2 Å². The molecule has 0 spiro atoms. The SMILES string of the molecule is CC(C)NC(=O)C(Cc1ccccc1)N(Cc1ccccc1)C(=O)CN(c1ccc(I)cc1)S(C)(=O)=O. The lowest BCUT2D eigenvalue weighted by Crippen LogP contribution is -2.54. The largest absolute Gasteiger partial charge is 0.352 e. The average molecular weight is 634 g/mol. The predicted octanol–water partition coefficient (Wildman–Crippen LogP) is 4.22. The number of amides is 2. The lowest BCUT2D eigenvalue weighted by molar-refractivity contribution is -0.140. The van der Waals surface area contributed by atoms with Crippen molar-refractivity contribution in [2.75, 3.05) is 17.1 Å². The molecule has 2 amide bonds. The zero-order valence-electron chi connectivity index (χ0n) is 21.2. The Morgan fingerprint density at radius 3 is 1.92 bits per heavy atom. The van der Waals surface area contributed by atoms with Crippen LogP contribution in [0.2, 0.25) is 0 Å². The minimum absolute atomic E-state index is 0.126. The molecule has 9 heteroatoms. The number of carbonyl (C=O) groups is 2. The molecule has 0 bridgehead atoms. The van der Waals surface area contributed by atoms with Crippen LogP contribution in [-0.4, -0.2) is 50.0 Å². The molecule has 0 aliphatic heterocycles. The summed E-state index contributed by atoms with van der Waals surface area (Å²) < 4.78 is 27.5. The Labute approximate surface area is 233 Å². The highest BCUT2D eigenvalue weighted by Gasteiger charge is 2.33. The number of rotatable bonds is 11. The monoisotopic (exact) mass is 633 g/mol. The van der Waals surface area contributed by atoms with E-state index in [0.717, 1.165) is 25.3 Å². The van der Waals surface area contributed by atoms with Crippen LogP contribution in [0.25, 0.3) is 0 Å². The molecule has 0 heterocycles. The number of hydrogen-bond donors (Lipinski definition) is 1. The zero-order valence-corrected chi connectivity index (χ0v) is 24.1. The molecule has 0 aromatic heterocycles. The molecular formula is C28H32IN3O4S. The van der Waals surface area contributed by atoms with Crippen molar-refractivity contribution < 1.29 is 18.0 Å². The summed E-state index contributed by atoms with van der Waals surface area (Å²) in [5.74, 6) is -0.754. The topological polar surface area (TPSA) is 86.8 Å². The second kappa shape index (κ2) is 13.0. The lowest BCUT2D eigenvalue weighted by Gasteiger charge is -2.34. The summed E-state index contributed by atoms with van der Waals surface area (Å²) in [6.45, 7) is 3.46. The van der Waals surface area contributed by atoms with Crippen LogP contribution in [0, 0.1) is 3.57 Å². The van der Waals surface area contributed by atoms with E-state index in [-0.39, 0.29) is 18.5 Å². The van der Waals surface area contributed by atoms with Crippen molar-refractivity contribution in [3.05, 3.63) is 99.6 Å². The number of halogens is 1. The van der Waals surface area contributed by atoms with Gasteiger partial charge in [-0.05, 0) is 71.8 Å². The first-order valence-corrected chi connectivity index (χ1v) is 14.9. The van der Waals surface area contributed by atoms with Crippen molar-refractivity contribution in [1.82, 2.24) is 10.2 Å². The van der Waals surface area contributed by atoms with E-state index in [1.807, 2.05) is 74.5 Å². The molecule has 196 valence electrons. The van der Waals surface area contributed by atoms with Gasteiger partial charge in [0.2, 0.25) is 21.8 Å². The molecule has 0 saturated heterocycles. The molecule has 0 fully saturated rings. The van der Waals surface area contributed by atoms with E-state index in [9.17, 15) is 18.0 Å². The quantitative estimate of drug-likeness (QED) is 0.321. The predicted molar refractivity (Wildman–Crippen MR) is 156 cm³/mol. The van der Waals surface area contributed by atoms with Gasteiger partial charge in [-0.1, -0.05) is 60.7 Å². The summed E-state index contributed by atoms with van der Waals surface area (Å²) in [4.78, 5) is 28.8. The maximum atomic E-state index is 13.9. The van der Waals surface area contributed by atoms with Gasteiger partial charge in [0.05, 0.1) is 11.9 Å². The van der Waals surface area contributed by atoms with E-state index in [1.54, 1.807) is 24.3 Å². The third kappa shape index (κ3) is 8.57. The van der Waals surface area contributed by atoms with Crippen LogP contribution < -0.4 is 9.62 Å². The molecule has 3 aromatic rings. The summed E-state index contributed by atoms with van der Waals surface area (Å²) in [6, 6.07) is 24.8. The van der Waals surface area contributed by atoms with Crippen LogP contribution in [0.4, 0.5) is 5.69 Å². The number of anilines is 1. The number of benzene rings is 3. The summed E-state index contributed by atoms with van der Waals surface area (Å²) in [6.07, 6.45) is 1.37. The number of sulfonamides is 1. The molecule has 1 atom stereocenters. The Kier molecular flexibility index (Phi) is 10.1. The maximum absolute atomic E-state index is 13.9. The van der Waals surface area contributed by atoms with Gasteiger partial charge in [0.1, 0.15) is 12.6 Å². The molecule has 3 aromatic carbocycles. The van der Waals surface area contributed by atoms with Gasteiger partial charge in [-0.25, -0.2) is 8.42 Å². The maximum Gasteiger partial charge on any atom is 0.244 e. The minimum Gasteiger partial charge on any atom is -0.352 e. The van der Waals surface area contributed by atoms with Gasteiger partial charge in [-0.3, -0.25) is 13.9 Å². The van der Waals surface area contributed by atoms with E-state index >= 15 is 0 Å². The number of nitrogens with zero attached hydrogens (tertiary/aromatic N) is 2. The third-order valence-corrected chi connectivity index (χ3v) is 7.55. The molecule has 7 nitrogen and oxygen atoms in total. The number of hydrogen-bond acceptors (Lipinski definition) is 4. The van der Waals surface area contributed by atoms with Gasteiger partial charge in [0, 0.05) is 22.6 Å². The first kappa shape index (κ1) is 28.6. The van der Waals surface area contributed by atoms with Crippen LogP contribution in [0.15, 0.2) is 84.9 Å². The summed E-state index contributed by atoms with van der Waals surface area (Å²) in [5.41, 5.74) is 2.13. The Morgan fingerprint density at radius 2 is 1.41 bits per heavy atom. The van der Waals surface area contributed by atoms with Gasteiger partial charge in [-0.15, -0.1) is 0 Å². The van der Waals surface area contributed by atoms with E-state index < -0.39 is 28.5 Å². The smallest absolute Gasteiger partial charge is 0.244 e. The summed E-state index contributed by atoms with van der Waals surface area (Å²) >= 11 is 2.14. The van der Waals surface area contributed by atoms with E-state index in [2.05, 4.69) is 27.9 Å². The van der Waals surface area contributed by atoms with Crippen molar-refractivity contribution in [2.24, 2.45) is 0 Å². The van der Waals surface area contributed by atoms with Crippen LogP contribution in [0.3, 0.4) is 0 Å². The fraction of sp³-hybridized carbons (Fsp3) is 0.286. The van der Waals surface area contributed by atoms with Crippen LogP contribution >= 0.6 is 22.6 Å². The highest BCUT2D eigenvalue weighted by Crippen LogP contribution is 2.21. The highest BCUT2D eigenvalue weighted by molar-refractivity contribution is 14.1. The normalized spacial score (nSPS) is 12.1. The van der Waals surface area contributed by atoms with Gasteiger partial charge in [0.25, 0.3) is 0 Å². The molecule has 37 heavy (non-hydrogen) atoms. The molecule has 3 rings (SSSR count). The summed E-state index contributed by atoms with van der Waals surface area (Å²) in [5, 5.41) is 2.94. The van der Waals surface area contributed by atoms with E-state index in [4.69, 9.17) is 0 Å². The molecule has 0 saturated carbocycles. The first-order chi connectivity index (χ1) is 17.5. The van der Waals surface area contributed by atoms with Crippen LogP contribution in [0.5, 0.6) is 0 Å². The van der Waals surface area contributed by atoms with E-state index in [0.29, 0.717) is 12.1 Å². The first-order valence-electron chi connectivity index (χ1n) is 12.0. The Bertz CT molecular complexity index is 1280. The van der Waals surface area contributed by atoms with Gasteiger partial charge in [0.15, 0.2) is 0 Å². The van der Waals surface area contributed by atoms with Crippen LogP contribution in [-0.2, 0) is 32.6 Å². The molecule has 1 unspecified atom stereocenters. The fourth-order valence-electron chi connectivity index (χ4n) is 3.94. The molecular weight excluding hydrogens is 601 g/mol. The molecule has 0 aliphatic carbocycles. The Balaban J connectivity index is 2.02. The fourth-order valence-corrected chi connectivity index (χ4v) is 5.15. The summed E-state index contributed by atoms with van der Waals surface area (Å²) in [7, 11) is -3.77. The van der Waals surface area contributed by atoms with E-state index in [1.165, 1.54) is 4.90 Å². The third-order valence-electron chi connectivity index (χ3n) is 5.69. The standard InChI is InChI=1S/C28H32IN3O4S/c1-21(2)30-28(34)26(18-22-10-6-4-7-11-22)31(19-23-12-8-5-9-13-23)27(33)20-32(37(3,35)36)25-16-14-24(29)15-17-25/h4-17,21,26H,18-20H2,1-3H3,(H,30,34). The van der Waals surface area contributed by atoms with Crippen molar-refractivity contribution >= 4 is 50.1 Å². The minimum atomic E-state index is -3.77. The lowest BCUT2D eigenvalue weighted by atomic mass is 10.0. The molecule has 0 aliphatic rings.